The summed E-state index contributed by atoms with van der Waals surface area (Å²) >= 11 is 0. The van der Waals surface area contributed by atoms with Crippen LogP contribution in [0, 0.1) is 10.1 Å². The minimum absolute atomic E-state index is 0.0176. The highest BCUT2D eigenvalue weighted by Crippen LogP contribution is 2.22. The molecular formula is C13H17N3O4. The minimum atomic E-state index is -0.458. The number of carbonyl (C=O) groups excluding carboxylic acids is 1. The zero-order valence-electron chi connectivity index (χ0n) is 11.5. The van der Waals surface area contributed by atoms with Crippen molar-refractivity contribution in [2.24, 2.45) is 0 Å². The maximum atomic E-state index is 11.8. The van der Waals surface area contributed by atoms with Gasteiger partial charge in [-0.05, 0) is 18.1 Å². The number of hydrogen-bond acceptors (Lipinski definition) is 5. The summed E-state index contributed by atoms with van der Waals surface area (Å²) in [5.41, 5.74) is 0.703. The highest BCUT2D eigenvalue weighted by Gasteiger charge is 2.28. The van der Waals surface area contributed by atoms with Gasteiger partial charge in [0, 0.05) is 26.2 Å². The van der Waals surface area contributed by atoms with Crippen molar-refractivity contribution >= 4 is 11.6 Å². The molecule has 7 heteroatoms. The van der Waals surface area contributed by atoms with Gasteiger partial charge in [0.25, 0.3) is 5.69 Å². The first-order valence-electron chi connectivity index (χ1n) is 6.32. The van der Waals surface area contributed by atoms with E-state index in [4.69, 9.17) is 4.74 Å². The lowest BCUT2D eigenvalue weighted by Crippen LogP contribution is -2.36. The van der Waals surface area contributed by atoms with Crippen LogP contribution in [-0.4, -0.2) is 42.5 Å². The fourth-order valence-electron chi connectivity index (χ4n) is 2.22. The van der Waals surface area contributed by atoms with Gasteiger partial charge >= 0.3 is 0 Å². The van der Waals surface area contributed by atoms with Crippen molar-refractivity contribution in [2.75, 3.05) is 20.7 Å². The third-order valence-corrected chi connectivity index (χ3v) is 3.38. The number of methoxy groups -OCH3 is 1. The van der Waals surface area contributed by atoms with Crippen LogP contribution >= 0.6 is 0 Å². The maximum Gasteiger partial charge on any atom is 0.273 e. The van der Waals surface area contributed by atoms with E-state index in [1.165, 1.54) is 19.2 Å². The van der Waals surface area contributed by atoms with Gasteiger partial charge in [-0.1, -0.05) is 0 Å². The lowest BCUT2D eigenvalue weighted by molar-refractivity contribution is -0.385. The highest BCUT2D eigenvalue weighted by atomic mass is 16.6. The van der Waals surface area contributed by atoms with E-state index in [1.807, 2.05) is 0 Å². The van der Waals surface area contributed by atoms with Crippen LogP contribution < -0.4 is 10.1 Å². The summed E-state index contributed by atoms with van der Waals surface area (Å²) in [6.07, 6.45) is 0.751. The van der Waals surface area contributed by atoms with E-state index in [1.54, 1.807) is 18.0 Å². The third-order valence-electron chi connectivity index (χ3n) is 3.38. The van der Waals surface area contributed by atoms with Crippen molar-refractivity contribution in [2.45, 2.75) is 19.0 Å². The van der Waals surface area contributed by atoms with Gasteiger partial charge in [-0.2, -0.15) is 0 Å². The van der Waals surface area contributed by atoms with Gasteiger partial charge in [-0.3, -0.25) is 14.9 Å². The molecular weight excluding hydrogens is 262 g/mol. The van der Waals surface area contributed by atoms with E-state index in [2.05, 4.69) is 5.32 Å². The van der Waals surface area contributed by atoms with Crippen molar-refractivity contribution in [3.63, 3.8) is 0 Å². The van der Waals surface area contributed by atoms with Crippen LogP contribution in [0.2, 0.25) is 0 Å². The summed E-state index contributed by atoms with van der Waals surface area (Å²) < 4.78 is 5.05. The molecule has 108 valence electrons. The Morgan fingerprint density at radius 1 is 1.50 bits per heavy atom. The molecule has 1 fully saturated rings. The van der Waals surface area contributed by atoms with Crippen LogP contribution in [0.1, 0.15) is 12.0 Å². The number of likely N-dealkylation sites (tertiary alicyclic amines) is 1. The van der Waals surface area contributed by atoms with Crippen LogP contribution in [0.4, 0.5) is 5.69 Å². The molecule has 1 saturated heterocycles. The first kappa shape index (κ1) is 14.3. The Morgan fingerprint density at radius 2 is 2.25 bits per heavy atom. The molecule has 1 N–H and O–H groups in total. The summed E-state index contributed by atoms with van der Waals surface area (Å²) in [4.78, 5) is 23.8. The second kappa shape index (κ2) is 5.87. The Labute approximate surface area is 116 Å². The van der Waals surface area contributed by atoms with Crippen LogP contribution in [-0.2, 0) is 11.3 Å². The lowest BCUT2D eigenvalue weighted by Gasteiger charge is -2.12. The van der Waals surface area contributed by atoms with E-state index < -0.39 is 4.92 Å². The van der Waals surface area contributed by atoms with E-state index in [0.29, 0.717) is 12.3 Å². The number of rotatable bonds is 5. The number of hydrogen-bond donors (Lipinski definition) is 1. The highest BCUT2D eigenvalue weighted by molar-refractivity contribution is 5.83. The quantitative estimate of drug-likeness (QED) is 0.640. The number of ether oxygens (including phenoxy) is 1. The molecule has 1 unspecified atom stereocenters. The van der Waals surface area contributed by atoms with Gasteiger partial charge in [-0.25, -0.2) is 0 Å². The first-order valence-corrected chi connectivity index (χ1v) is 6.32. The molecule has 1 aliphatic rings. The SMILES string of the molecule is COc1cc(CNC2CCN(C)C2=O)cc([N+](=O)[O-])c1. The summed E-state index contributed by atoms with van der Waals surface area (Å²) in [7, 11) is 3.23. The topological polar surface area (TPSA) is 84.7 Å². The van der Waals surface area contributed by atoms with E-state index in [9.17, 15) is 14.9 Å². The number of nitrogens with zero attached hydrogens (tertiary/aromatic N) is 2. The Bertz CT molecular complexity index is 532. The van der Waals surface area contributed by atoms with Crippen molar-refractivity contribution in [1.29, 1.82) is 0 Å². The minimum Gasteiger partial charge on any atom is -0.496 e. The molecule has 1 aromatic rings. The molecule has 0 radical (unpaired) electrons. The van der Waals surface area contributed by atoms with E-state index in [0.717, 1.165) is 18.5 Å². The molecule has 7 nitrogen and oxygen atoms in total. The number of amides is 1. The standard InChI is InChI=1S/C13H17N3O4/c1-15-4-3-12(13(15)17)14-8-9-5-10(16(18)19)7-11(6-9)20-2/h5-7,12,14H,3-4,8H2,1-2H3. The molecule has 0 aromatic heterocycles. The van der Waals surface area contributed by atoms with Gasteiger partial charge in [0.1, 0.15) is 5.75 Å². The number of benzene rings is 1. The van der Waals surface area contributed by atoms with Crippen LogP contribution in [0.15, 0.2) is 18.2 Å². The van der Waals surface area contributed by atoms with E-state index in [-0.39, 0.29) is 17.6 Å². The zero-order valence-corrected chi connectivity index (χ0v) is 11.5. The predicted molar refractivity (Wildman–Crippen MR) is 72.5 cm³/mol. The van der Waals surface area contributed by atoms with E-state index >= 15 is 0 Å². The maximum absolute atomic E-state index is 11.8. The summed E-state index contributed by atoms with van der Waals surface area (Å²) in [6, 6.07) is 4.37. The molecule has 0 bridgehead atoms. The molecule has 1 heterocycles. The molecule has 2 rings (SSSR count). The van der Waals surface area contributed by atoms with Gasteiger partial charge in [-0.15, -0.1) is 0 Å². The second-order valence-electron chi connectivity index (χ2n) is 4.78. The van der Waals surface area contributed by atoms with Crippen LogP contribution in [0.5, 0.6) is 5.75 Å². The molecule has 1 amide bonds. The molecule has 1 aliphatic heterocycles. The monoisotopic (exact) mass is 279 g/mol. The molecule has 0 saturated carbocycles. The number of nitrogens with one attached hydrogen (secondary N) is 1. The van der Waals surface area contributed by atoms with Crippen LogP contribution in [0.3, 0.4) is 0 Å². The zero-order chi connectivity index (χ0) is 14.7. The second-order valence-corrected chi connectivity index (χ2v) is 4.78. The predicted octanol–water partition coefficient (Wildman–Crippen LogP) is 0.924. The summed E-state index contributed by atoms with van der Waals surface area (Å²) in [6.45, 7) is 1.12. The molecule has 20 heavy (non-hydrogen) atoms. The average molecular weight is 279 g/mol. The number of likely N-dealkylation sites (N-methyl/N-ethyl adjacent to an activating group) is 1. The lowest BCUT2D eigenvalue weighted by atomic mass is 10.1. The fourth-order valence-corrected chi connectivity index (χ4v) is 2.22. The molecule has 1 atom stereocenters. The average Bonchev–Trinajstić information content (AvgIpc) is 2.76. The Kier molecular flexibility index (Phi) is 4.19. The van der Waals surface area contributed by atoms with Crippen molar-refractivity contribution in [1.82, 2.24) is 10.2 Å². The Hall–Kier alpha value is -2.15. The van der Waals surface area contributed by atoms with Crippen molar-refractivity contribution in [3.05, 3.63) is 33.9 Å². The first-order chi connectivity index (χ1) is 9.51. The number of carbonyl (C=O) groups is 1. The van der Waals surface area contributed by atoms with Gasteiger partial charge in [0.2, 0.25) is 5.91 Å². The third kappa shape index (κ3) is 3.05. The van der Waals surface area contributed by atoms with Gasteiger partial charge in [0.05, 0.1) is 24.1 Å². The summed E-state index contributed by atoms with van der Waals surface area (Å²) in [5, 5.41) is 14.0. The molecule has 1 aromatic carbocycles. The molecule has 0 aliphatic carbocycles. The smallest absolute Gasteiger partial charge is 0.273 e. The Balaban J connectivity index is 2.07. The summed E-state index contributed by atoms with van der Waals surface area (Å²) in [5.74, 6) is 0.494. The van der Waals surface area contributed by atoms with Gasteiger partial charge in [0.15, 0.2) is 0 Å². The number of nitro groups is 1. The van der Waals surface area contributed by atoms with Crippen LogP contribution in [0.25, 0.3) is 0 Å². The molecule has 0 spiro atoms. The normalized spacial score (nSPS) is 18.4. The fraction of sp³-hybridized carbons (Fsp3) is 0.462. The number of nitro benzene ring substituents is 1. The van der Waals surface area contributed by atoms with Crippen molar-refractivity contribution < 1.29 is 14.5 Å². The van der Waals surface area contributed by atoms with Gasteiger partial charge < -0.3 is 15.0 Å². The number of non-ortho nitro benzene ring substituents is 1. The largest absolute Gasteiger partial charge is 0.496 e. The Morgan fingerprint density at radius 3 is 2.80 bits per heavy atom. The van der Waals surface area contributed by atoms with Crippen molar-refractivity contribution in [3.8, 4) is 5.75 Å².